The fourth-order valence-corrected chi connectivity index (χ4v) is 2.31. The van der Waals surface area contributed by atoms with Gasteiger partial charge < -0.3 is 9.64 Å². The molecule has 0 aromatic carbocycles. The van der Waals surface area contributed by atoms with E-state index in [9.17, 15) is 8.42 Å². The predicted molar refractivity (Wildman–Crippen MR) is 66.8 cm³/mol. The van der Waals surface area contributed by atoms with Gasteiger partial charge in [-0.2, -0.15) is 0 Å². The van der Waals surface area contributed by atoms with Gasteiger partial charge in [0.05, 0.1) is 0 Å². The van der Waals surface area contributed by atoms with Crippen molar-refractivity contribution in [1.82, 2.24) is 9.88 Å². The molecule has 0 amide bonds. The van der Waals surface area contributed by atoms with Crippen LogP contribution >= 0.6 is 0 Å². The minimum Gasteiger partial charge on any atom is -0.475 e. The molecule has 1 aromatic rings. The number of rotatable bonds is 6. The van der Waals surface area contributed by atoms with E-state index in [0.717, 1.165) is 6.54 Å². The molecule has 1 heterocycles. The van der Waals surface area contributed by atoms with Crippen molar-refractivity contribution in [3.63, 3.8) is 0 Å². The number of ether oxygens (including phenoxy) is 1. The van der Waals surface area contributed by atoms with Crippen LogP contribution in [0.3, 0.4) is 0 Å². The van der Waals surface area contributed by atoms with Gasteiger partial charge in [-0.05, 0) is 32.0 Å². The van der Waals surface area contributed by atoms with Crippen molar-refractivity contribution in [2.75, 3.05) is 20.2 Å². The molecule has 2 rings (SSSR count). The van der Waals surface area contributed by atoms with E-state index >= 15 is 0 Å². The van der Waals surface area contributed by atoms with E-state index in [1.54, 1.807) is 0 Å². The topological polar surface area (TPSA) is 85.5 Å². The summed E-state index contributed by atoms with van der Waals surface area (Å²) in [6.07, 6.45) is 3.93. The van der Waals surface area contributed by atoms with Gasteiger partial charge in [0.25, 0.3) is 0 Å². The molecule has 1 aliphatic rings. The second-order valence-electron chi connectivity index (χ2n) is 4.41. The highest BCUT2D eigenvalue weighted by molar-refractivity contribution is 7.89. The minimum absolute atomic E-state index is 0.0703. The minimum atomic E-state index is -3.79. The average molecular weight is 271 g/mol. The standard InChI is InChI=1S/C11H17N3O3S/c1-14(9-4-5-9)7-8-17-11-10(18(12,15)16)3-2-6-13-11/h2-3,6,9H,4-5,7-8H2,1H3,(H2,12,15,16). The summed E-state index contributed by atoms with van der Waals surface area (Å²) in [6, 6.07) is 3.56. The zero-order valence-electron chi connectivity index (χ0n) is 10.2. The number of hydrogen-bond donors (Lipinski definition) is 1. The van der Waals surface area contributed by atoms with E-state index in [1.807, 2.05) is 7.05 Å². The Labute approximate surface area is 107 Å². The Kier molecular flexibility index (Phi) is 3.84. The van der Waals surface area contributed by atoms with Crippen LogP contribution in [0.4, 0.5) is 0 Å². The van der Waals surface area contributed by atoms with Crippen LogP contribution in [0.1, 0.15) is 12.8 Å². The summed E-state index contributed by atoms with van der Waals surface area (Å²) in [7, 11) is -1.76. The monoisotopic (exact) mass is 271 g/mol. The maximum Gasteiger partial charge on any atom is 0.243 e. The number of hydrogen-bond acceptors (Lipinski definition) is 5. The lowest BCUT2D eigenvalue weighted by molar-refractivity contribution is 0.222. The van der Waals surface area contributed by atoms with Crippen molar-refractivity contribution in [1.29, 1.82) is 0 Å². The fourth-order valence-electron chi connectivity index (χ4n) is 1.69. The number of nitrogens with zero attached hydrogens (tertiary/aromatic N) is 2. The Morgan fingerprint density at radius 1 is 1.56 bits per heavy atom. The summed E-state index contributed by atoms with van der Waals surface area (Å²) in [5.74, 6) is 0.0733. The first-order chi connectivity index (χ1) is 8.48. The van der Waals surface area contributed by atoms with Crippen LogP contribution in [0.15, 0.2) is 23.2 Å². The molecule has 1 saturated carbocycles. The second-order valence-corrected chi connectivity index (χ2v) is 5.94. The molecule has 0 spiro atoms. The van der Waals surface area contributed by atoms with Crippen LogP contribution in [0.25, 0.3) is 0 Å². The smallest absolute Gasteiger partial charge is 0.243 e. The molecule has 0 saturated heterocycles. The highest BCUT2D eigenvalue weighted by Gasteiger charge is 2.25. The second kappa shape index (κ2) is 5.21. The summed E-state index contributed by atoms with van der Waals surface area (Å²) in [6.45, 7) is 1.14. The van der Waals surface area contributed by atoms with Gasteiger partial charge in [0.15, 0.2) is 0 Å². The van der Waals surface area contributed by atoms with Gasteiger partial charge in [0.1, 0.15) is 11.5 Å². The fraction of sp³-hybridized carbons (Fsp3) is 0.545. The molecule has 2 N–H and O–H groups in total. The van der Waals surface area contributed by atoms with Crippen LogP contribution in [-0.2, 0) is 10.0 Å². The molecule has 0 atom stereocenters. The number of nitrogens with two attached hydrogens (primary N) is 1. The van der Waals surface area contributed by atoms with E-state index in [2.05, 4.69) is 9.88 Å². The molecule has 0 bridgehead atoms. The summed E-state index contributed by atoms with van der Waals surface area (Å²) in [4.78, 5) is 6.03. The molecule has 18 heavy (non-hydrogen) atoms. The van der Waals surface area contributed by atoms with Gasteiger partial charge in [0.2, 0.25) is 15.9 Å². The Balaban J connectivity index is 1.96. The molecule has 0 radical (unpaired) electrons. The van der Waals surface area contributed by atoms with Crippen LogP contribution < -0.4 is 9.88 Å². The molecule has 0 aliphatic heterocycles. The third kappa shape index (κ3) is 3.41. The van der Waals surface area contributed by atoms with E-state index in [4.69, 9.17) is 9.88 Å². The molecular weight excluding hydrogens is 254 g/mol. The first-order valence-corrected chi connectivity index (χ1v) is 7.34. The van der Waals surface area contributed by atoms with E-state index < -0.39 is 10.0 Å². The molecule has 1 aliphatic carbocycles. The maximum atomic E-state index is 11.3. The molecule has 0 unspecified atom stereocenters. The van der Waals surface area contributed by atoms with Crippen molar-refractivity contribution in [3.8, 4) is 5.88 Å². The largest absolute Gasteiger partial charge is 0.475 e. The highest BCUT2D eigenvalue weighted by Crippen LogP contribution is 2.25. The van der Waals surface area contributed by atoms with E-state index in [0.29, 0.717) is 12.6 Å². The Hall–Kier alpha value is -1.18. The van der Waals surface area contributed by atoms with Gasteiger partial charge in [0, 0.05) is 18.8 Å². The van der Waals surface area contributed by atoms with Crippen molar-refractivity contribution < 1.29 is 13.2 Å². The van der Waals surface area contributed by atoms with Crippen LogP contribution in [0.2, 0.25) is 0 Å². The first-order valence-electron chi connectivity index (χ1n) is 5.79. The van der Waals surface area contributed by atoms with Crippen molar-refractivity contribution in [2.45, 2.75) is 23.8 Å². The van der Waals surface area contributed by atoms with Crippen molar-refractivity contribution >= 4 is 10.0 Å². The molecular formula is C11H17N3O3S. The third-order valence-corrected chi connectivity index (χ3v) is 3.82. The summed E-state index contributed by atoms with van der Waals surface area (Å²) >= 11 is 0. The lowest BCUT2D eigenvalue weighted by Crippen LogP contribution is -2.26. The van der Waals surface area contributed by atoms with Crippen molar-refractivity contribution in [2.24, 2.45) is 5.14 Å². The Morgan fingerprint density at radius 3 is 2.89 bits per heavy atom. The maximum absolute atomic E-state index is 11.3. The molecule has 100 valence electrons. The third-order valence-electron chi connectivity index (χ3n) is 2.90. The Bertz CT molecular complexity index is 514. The van der Waals surface area contributed by atoms with Gasteiger partial charge >= 0.3 is 0 Å². The number of sulfonamides is 1. The number of aromatic nitrogens is 1. The van der Waals surface area contributed by atoms with Gasteiger partial charge in [-0.25, -0.2) is 18.5 Å². The van der Waals surface area contributed by atoms with E-state index in [1.165, 1.54) is 31.2 Å². The zero-order valence-corrected chi connectivity index (χ0v) is 11.1. The van der Waals surface area contributed by atoms with E-state index in [-0.39, 0.29) is 10.8 Å². The average Bonchev–Trinajstić information content (AvgIpc) is 3.12. The zero-order chi connectivity index (χ0) is 13.2. The summed E-state index contributed by atoms with van der Waals surface area (Å²) in [5, 5.41) is 5.09. The predicted octanol–water partition coefficient (Wildman–Crippen LogP) is 0.202. The SMILES string of the molecule is CN(CCOc1ncccc1S(N)(=O)=O)C1CC1. The number of primary sulfonamides is 1. The lowest BCUT2D eigenvalue weighted by Gasteiger charge is -2.16. The number of pyridine rings is 1. The molecule has 6 nitrogen and oxygen atoms in total. The van der Waals surface area contributed by atoms with Crippen molar-refractivity contribution in [3.05, 3.63) is 18.3 Å². The normalized spacial score (nSPS) is 15.9. The Morgan fingerprint density at radius 2 is 2.28 bits per heavy atom. The first kappa shape index (κ1) is 13.3. The van der Waals surface area contributed by atoms with Gasteiger partial charge in [-0.15, -0.1) is 0 Å². The highest BCUT2D eigenvalue weighted by atomic mass is 32.2. The van der Waals surface area contributed by atoms with Crippen LogP contribution in [0.5, 0.6) is 5.88 Å². The molecule has 1 aromatic heterocycles. The summed E-state index contributed by atoms with van der Waals surface area (Å²) < 4.78 is 28.0. The quantitative estimate of drug-likeness (QED) is 0.799. The van der Waals surface area contributed by atoms with Crippen LogP contribution in [0, 0.1) is 0 Å². The molecule has 1 fully saturated rings. The summed E-state index contributed by atoms with van der Waals surface area (Å²) in [5.41, 5.74) is 0. The van der Waals surface area contributed by atoms with Gasteiger partial charge in [-0.3, -0.25) is 0 Å². The number of likely N-dealkylation sites (N-methyl/N-ethyl adjacent to an activating group) is 1. The molecule has 7 heteroatoms. The lowest BCUT2D eigenvalue weighted by atomic mass is 10.5. The van der Waals surface area contributed by atoms with Gasteiger partial charge in [-0.1, -0.05) is 0 Å². The van der Waals surface area contributed by atoms with Crippen LogP contribution in [-0.4, -0.2) is 44.5 Å².